The van der Waals surface area contributed by atoms with Gasteiger partial charge in [-0.25, -0.2) is 0 Å². The molecule has 112 valence electrons. The van der Waals surface area contributed by atoms with E-state index in [0.717, 1.165) is 10.1 Å². The van der Waals surface area contributed by atoms with Crippen LogP contribution in [-0.4, -0.2) is 26.1 Å². The van der Waals surface area contributed by atoms with E-state index in [2.05, 4.69) is 27.3 Å². The molecule has 22 heavy (non-hydrogen) atoms. The lowest BCUT2D eigenvalue weighted by Gasteiger charge is -1.97. The number of nitrogens with zero attached hydrogens (tertiary/aromatic N) is 4. The average Bonchev–Trinajstić information content (AvgIpc) is 3.04. The highest BCUT2D eigenvalue weighted by molar-refractivity contribution is 7.21. The number of hydrogen-bond donors (Lipinski definition) is 1. The number of amides is 1. The van der Waals surface area contributed by atoms with Gasteiger partial charge in [-0.1, -0.05) is 40.4 Å². The molecule has 0 spiro atoms. The number of carbonyl (C=O) groups is 1. The smallest absolute Gasteiger partial charge is 0.270 e. The summed E-state index contributed by atoms with van der Waals surface area (Å²) in [6, 6.07) is 5.28. The number of aromatic nitrogens is 4. The van der Waals surface area contributed by atoms with Crippen LogP contribution in [0.1, 0.15) is 9.67 Å². The molecule has 9 heteroatoms. The Labute approximate surface area is 139 Å². The first kappa shape index (κ1) is 15.0. The van der Waals surface area contributed by atoms with E-state index in [0.29, 0.717) is 21.5 Å². The highest BCUT2D eigenvalue weighted by atomic mass is 35.5. The zero-order valence-electron chi connectivity index (χ0n) is 11.1. The number of fused-ring (bicyclic) bond motifs is 1. The van der Waals surface area contributed by atoms with Gasteiger partial charge in [-0.2, -0.15) is 4.80 Å². The zero-order chi connectivity index (χ0) is 15.7. The predicted molar refractivity (Wildman–Crippen MR) is 87.8 cm³/mol. The number of tetrazole rings is 1. The second-order valence-electron chi connectivity index (χ2n) is 4.30. The first-order valence-corrected chi connectivity index (χ1v) is 7.73. The van der Waals surface area contributed by atoms with Crippen molar-refractivity contribution in [2.75, 3.05) is 5.32 Å². The van der Waals surface area contributed by atoms with Crippen molar-refractivity contribution in [1.29, 1.82) is 0 Å². The number of allylic oxidation sites excluding steroid dienone is 1. The molecule has 1 amide bonds. The van der Waals surface area contributed by atoms with Gasteiger partial charge >= 0.3 is 0 Å². The molecule has 1 N–H and O–H groups in total. The van der Waals surface area contributed by atoms with Gasteiger partial charge < -0.3 is 0 Å². The monoisotopic (exact) mass is 353 g/mol. The Bertz CT molecular complexity index is 873. The Morgan fingerprint density at radius 3 is 3.05 bits per heavy atom. The zero-order valence-corrected chi connectivity index (χ0v) is 13.4. The third-order valence-corrected chi connectivity index (χ3v) is 4.66. The first-order valence-electron chi connectivity index (χ1n) is 6.16. The molecule has 3 aromatic rings. The molecule has 0 unspecified atom stereocenters. The van der Waals surface area contributed by atoms with Crippen molar-refractivity contribution in [2.24, 2.45) is 0 Å². The molecule has 2 aromatic heterocycles. The van der Waals surface area contributed by atoms with Crippen molar-refractivity contribution in [1.82, 2.24) is 20.2 Å². The van der Waals surface area contributed by atoms with Crippen molar-refractivity contribution in [3.8, 4) is 0 Å². The van der Waals surface area contributed by atoms with Crippen LogP contribution in [0.5, 0.6) is 0 Å². The van der Waals surface area contributed by atoms with E-state index < -0.39 is 0 Å². The maximum Gasteiger partial charge on any atom is 0.270 e. The molecular weight excluding hydrogens is 345 g/mol. The fourth-order valence-electron chi connectivity index (χ4n) is 1.83. The molecule has 6 nitrogen and oxygen atoms in total. The molecule has 2 heterocycles. The van der Waals surface area contributed by atoms with Crippen molar-refractivity contribution in [3.63, 3.8) is 0 Å². The molecule has 3 rings (SSSR count). The van der Waals surface area contributed by atoms with Gasteiger partial charge in [0, 0.05) is 15.1 Å². The standard InChI is InChI=1S/C13H9Cl2N5OS/c1-2-5-20-18-13(17-19-20)16-12(21)11-10(15)8-4-3-7(14)6-9(8)22-11/h2-4,6H,1,5H2,(H,16,18,21). The lowest BCUT2D eigenvalue weighted by molar-refractivity contribution is 0.103. The molecule has 0 aliphatic carbocycles. The summed E-state index contributed by atoms with van der Waals surface area (Å²) in [7, 11) is 0. The van der Waals surface area contributed by atoms with Crippen LogP contribution < -0.4 is 5.32 Å². The second-order valence-corrected chi connectivity index (χ2v) is 6.16. The van der Waals surface area contributed by atoms with Gasteiger partial charge in [-0.05, 0) is 17.3 Å². The summed E-state index contributed by atoms with van der Waals surface area (Å²) in [6.45, 7) is 3.98. The minimum Gasteiger partial charge on any atom is -0.287 e. The van der Waals surface area contributed by atoms with Gasteiger partial charge in [-0.15, -0.1) is 23.0 Å². The summed E-state index contributed by atoms with van der Waals surface area (Å²) >= 11 is 13.5. The van der Waals surface area contributed by atoms with Crippen LogP contribution in [0.4, 0.5) is 5.95 Å². The number of anilines is 1. The van der Waals surface area contributed by atoms with Gasteiger partial charge in [0.15, 0.2) is 0 Å². The summed E-state index contributed by atoms with van der Waals surface area (Å²) in [4.78, 5) is 14.0. The largest absolute Gasteiger partial charge is 0.287 e. The van der Waals surface area contributed by atoms with Crippen LogP contribution in [0.15, 0.2) is 30.9 Å². The summed E-state index contributed by atoms with van der Waals surface area (Å²) < 4.78 is 0.839. The summed E-state index contributed by atoms with van der Waals surface area (Å²) in [5, 5.41) is 15.8. The van der Waals surface area contributed by atoms with Gasteiger partial charge in [-0.3, -0.25) is 10.1 Å². The minimum absolute atomic E-state index is 0.110. The number of nitrogens with one attached hydrogen (secondary N) is 1. The van der Waals surface area contributed by atoms with Crippen LogP contribution in [0.2, 0.25) is 10.0 Å². The minimum atomic E-state index is -0.388. The number of halogens is 2. The van der Waals surface area contributed by atoms with E-state index in [1.54, 1.807) is 24.3 Å². The van der Waals surface area contributed by atoms with Gasteiger partial charge in [0.05, 0.1) is 11.6 Å². The van der Waals surface area contributed by atoms with Gasteiger partial charge in [0.25, 0.3) is 11.9 Å². The molecule has 0 saturated carbocycles. The second kappa shape index (κ2) is 6.04. The predicted octanol–water partition coefficient (Wildman–Crippen LogP) is 3.63. The van der Waals surface area contributed by atoms with E-state index in [1.165, 1.54) is 16.1 Å². The Morgan fingerprint density at radius 2 is 2.27 bits per heavy atom. The summed E-state index contributed by atoms with van der Waals surface area (Å²) in [5.41, 5.74) is 0. The summed E-state index contributed by atoms with van der Waals surface area (Å²) in [5.74, 6) is -0.279. The molecule has 0 atom stereocenters. The van der Waals surface area contributed by atoms with Crippen LogP contribution in [0.25, 0.3) is 10.1 Å². The number of rotatable bonds is 4. The summed E-state index contributed by atoms with van der Waals surface area (Å²) in [6.07, 6.45) is 1.62. The van der Waals surface area contributed by atoms with E-state index in [4.69, 9.17) is 23.2 Å². The molecule has 0 fully saturated rings. The molecular formula is C13H9Cl2N5OS. The molecule has 0 radical (unpaired) electrons. The van der Waals surface area contributed by atoms with E-state index in [1.807, 2.05) is 0 Å². The lowest BCUT2D eigenvalue weighted by atomic mass is 10.2. The normalized spacial score (nSPS) is 10.8. The Hall–Kier alpha value is -1.96. The fourth-order valence-corrected chi connectivity index (χ4v) is 3.52. The third kappa shape index (κ3) is 2.83. The van der Waals surface area contributed by atoms with Crippen molar-refractivity contribution in [2.45, 2.75) is 6.54 Å². The molecule has 0 saturated heterocycles. The van der Waals surface area contributed by atoms with Gasteiger partial charge in [0.1, 0.15) is 4.88 Å². The number of hydrogen-bond acceptors (Lipinski definition) is 5. The highest BCUT2D eigenvalue weighted by Gasteiger charge is 2.18. The van der Waals surface area contributed by atoms with Crippen LogP contribution in [-0.2, 0) is 6.54 Å². The van der Waals surface area contributed by atoms with Crippen molar-refractivity contribution >= 4 is 56.5 Å². The maximum absolute atomic E-state index is 12.3. The van der Waals surface area contributed by atoms with E-state index in [-0.39, 0.29) is 11.9 Å². The van der Waals surface area contributed by atoms with E-state index in [9.17, 15) is 4.79 Å². The van der Waals surface area contributed by atoms with Crippen LogP contribution >= 0.6 is 34.5 Å². The lowest BCUT2D eigenvalue weighted by Crippen LogP contribution is -2.12. The van der Waals surface area contributed by atoms with Crippen LogP contribution in [0.3, 0.4) is 0 Å². The number of thiophene rings is 1. The highest BCUT2D eigenvalue weighted by Crippen LogP contribution is 2.36. The average molecular weight is 354 g/mol. The molecule has 1 aromatic carbocycles. The Balaban J connectivity index is 1.88. The molecule has 0 aliphatic rings. The molecule has 0 bridgehead atoms. The first-order chi connectivity index (χ1) is 10.6. The number of benzene rings is 1. The SMILES string of the molecule is C=CCn1nnc(NC(=O)c2sc3cc(Cl)ccc3c2Cl)n1. The Kier molecular flexibility index (Phi) is 4.10. The van der Waals surface area contributed by atoms with Crippen molar-refractivity contribution in [3.05, 3.63) is 45.8 Å². The third-order valence-electron chi connectivity index (χ3n) is 2.77. The molecule has 0 aliphatic heterocycles. The Morgan fingerprint density at radius 1 is 1.45 bits per heavy atom. The van der Waals surface area contributed by atoms with Crippen molar-refractivity contribution < 1.29 is 4.79 Å². The maximum atomic E-state index is 12.3. The quantitative estimate of drug-likeness (QED) is 0.726. The van der Waals surface area contributed by atoms with E-state index >= 15 is 0 Å². The fraction of sp³-hybridized carbons (Fsp3) is 0.0769. The van der Waals surface area contributed by atoms with Gasteiger partial charge in [0.2, 0.25) is 0 Å². The number of carbonyl (C=O) groups excluding carboxylic acids is 1. The van der Waals surface area contributed by atoms with Crippen LogP contribution in [0, 0.1) is 0 Å². The topological polar surface area (TPSA) is 72.7 Å².